The quantitative estimate of drug-likeness (QED) is 0.847. The summed E-state index contributed by atoms with van der Waals surface area (Å²) in [6, 6.07) is 3.21. The number of hydrogen-bond acceptors (Lipinski definition) is 4. The number of rotatable bonds is 3. The van der Waals surface area contributed by atoms with Crippen molar-refractivity contribution in [1.29, 1.82) is 0 Å². The summed E-state index contributed by atoms with van der Waals surface area (Å²) < 4.78 is 4.93. The molecule has 1 aromatic rings. The number of ketones is 1. The number of carbonyl (C=O) groups is 3. The first-order valence-corrected chi connectivity index (χ1v) is 6.94. The zero-order valence-electron chi connectivity index (χ0n) is 12.2. The number of Topliss-reactive ketones (excluding diaryl/α,β-unsaturated/α-hetero) is 1. The summed E-state index contributed by atoms with van der Waals surface area (Å²) in [5.41, 5.74) is 0.813. The van der Waals surface area contributed by atoms with E-state index < -0.39 is 0 Å². The van der Waals surface area contributed by atoms with Crippen LogP contribution < -0.4 is 0 Å². The molecule has 0 bridgehead atoms. The second-order valence-electron chi connectivity index (χ2n) is 4.82. The lowest BCUT2D eigenvalue weighted by Gasteiger charge is -2.33. The molecule has 0 atom stereocenters. The smallest absolute Gasteiger partial charge is 0.409 e. The summed E-state index contributed by atoms with van der Waals surface area (Å²) in [6.07, 6.45) is -0.344. The molecule has 0 radical (unpaired) electrons. The highest BCUT2D eigenvalue weighted by atomic mass is 16.6. The number of hydrogen-bond donors (Lipinski definition) is 1. The molecule has 0 unspecified atom stereocenters. The topological polar surface area (TPSA) is 82.7 Å². The Hall–Kier alpha value is -2.31. The largest absolute Gasteiger partial charge is 0.450 e. The minimum atomic E-state index is -0.344. The number of amides is 2. The Kier molecular flexibility index (Phi) is 4.62. The number of ether oxygens (including phenoxy) is 1. The SMILES string of the molecule is CCOC(=O)N1CCN(C(=O)c2ccc(C(C)=O)[nH]2)CC1. The third-order valence-corrected chi connectivity index (χ3v) is 3.39. The van der Waals surface area contributed by atoms with Crippen LogP contribution in [0.5, 0.6) is 0 Å². The van der Waals surface area contributed by atoms with Crippen LogP contribution in [0.1, 0.15) is 34.8 Å². The van der Waals surface area contributed by atoms with Crippen molar-refractivity contribution in [3.63, 3.8) is 0 Å². The lowest BCUT2D eigenvalue weighted by molar-refractivity contribution is 0.0566. The molecule has 1 aromatic heterocycles. The molecule has 1 aliphatic rings. The summed E-state index contributed by atoms with van der Waals surface area (Å²) in [5, 5.41) is 0. The van der Waals surface area contributed by atoms with E-state index in [1.165, 1.54) is 6.92 Å². The maximum absolute atomic E-state index is 12.3. The molecular weight excluding hydrogens is 274 g/mol. The fourth-order valence-electron chi connectivity index (χ4n) is 2.20. The molecule has 0 aliphatic carbocycles. The molecule has 2 rings (SSSR count). The van der Waals surface area contributed by atoms with Crippen LogP contribution in [0.2, 0.25) is 0 Å². The fourth-order valence-corrected chi connectivity index (χ4v) is 2.20. The summed E-state index contributed by atoms with van der Waals surface area (Å²) in [7, 11) is 0. The van der Waals surface area contributed by atoms with Gasteiger partial charge in [-0.1, -0.05) is 0 Å². The van der Waals surface area contributed by atoms with E-state index >= 15 is 0 Å². The highest BCUT2D eigenvalue weighted by Crippen LogP contribution is 2.10. The highest BCUT2D eigenvalue weighted by Gasteiger charge is 2.26. The number of nitrogens with zero attached hydrogens (tertiary/aromatic N) is 2. The number of piperazine rings is 1. The second-order valence-corrected chi connectivity index (χ2v) is 4.82. The Morgan fingerprint density at radius 1 is 1.10 bits per heavy atom. The average molecular weight is 293 g/mol. The molecular formula is C14H19N3O4. The molecule has 2 heterocycles. The number of nitrogens with one attached hydrogen (secondary N) is 1. The summed E-state index contributed by atoms with van der Waals surface area (Å²) in [5.74, 6) is -0.271. The molecule has 2 amide bonds. The van der Waals surface area contributed by atoms with Crippen molar-refractivity contribution in [2.24, 2.45) is 0 Å². The van der Waals surface area contributed by atoms with Crippen LogP contribution in [0.4, 0.5) is 4.79 Å². The number of aromatic nitrogens is 1. The molecule has 1 N–H and O–H groups in total. The van der Waals surface area contributed by atoms with Crippen LogP contribution in [0.25, 0.3) is 0 Å². The molecule has 0 saturated carbocycles. The average Bonchev–Trinajstić information content (AvgIpc) is 2.97. The minimum absolute atomic E-state index is 0.110. The second kappa shape index (κ2) is 6.43. The zero-order valence-corrected chi connectivity index (χ0v) is 12.2. The first-order chi connectivity index (χ1) is 10.0. The van der Waals surface area contributed by atoms with Gasteiger partial charge < -0.3 is 19.5 Å². The van der Waals surface area contributed by atoms with Crippen LogP contribution in [0, 0.1) is 0 Å². The lowest BCUT2D eigenvalue weighted by atomic mass is 10.3. The van der Waals surface area contributed by atoms with E-state index in [4.69, 9.17) is 4.74 Å². The molecule has 1 saturated heterocycles. The van der Waals surface area contributed by atoms with E-state index in [1.54, 1.807) is 28.9 Å². The van der Waals surface area contributed by atoms with Gasteiger partial charge in [-0.2, -0.15) is 0 Å². The standard InChI is InChI=1S/C14H19N3O4/c1-3-21-14(20)17-8-6-16(7-9-17)13(19)12-5-4-11(15-12)10(2)18/h4-5,15H,3,6-9H2,1-2H3. The molecule has 1 fully saturated rings. The third kappa shape index (κ3) is 3.42. The van der Waals surface area contributed by atoms with Gasteiger partial charge in [0, 0.05) is 33.1 Å². The van der Waals surface area contributed by atoms with E-state index in [-0.39, 0.29) is 17.8 Å². The third-order valence-electron chi connectivity index (χ3n) is 3.39. The molecule has 0 aromatic carbocycles. The van der Waals surface area contributed by atoms with E-state index in [0.29, 0.717) is 44.2 Å². The Balaban J connectivity index is 1.93. The zero-order chi connectivity index (χ0) is 15.4. The van der Waals surface area contributed by atoms with Crippen LogP contribution in [0.3, 0.4) is 0 Å². The Labute approximate surface area is 122 Å². The number of H-pyrrole nitrogens is 1. The van der Waals surface area contributed by atoms with Crippen molar-refractivity contribution >= 4 is 17.8 Å². The summed E-state index contributed by atoms with van der Waals surface area (Å²) in [4.78, 5) is 41.2. The number of carbonyl (C=O) groups excluding carboxylic acids is 3. The molecule has 114 valence electrons. The normalized spacial score (nSPS) is 15.0. The Bertz CT molecular complexity index is 544. The first kappa shape index (κ1) is 15.1. The van der Waals surface area contributed by atoms with Gasteiger partial charge in [-0.25, -0.2) is 4.79 Å². The molecule has 0 spiro atoms. The predicted molar refractivity (Wildman–Crippen MR) is 75.3 cm³/mol. The van der Waals surface area contributed by atoms with Crippen molar-refractivity contribution in [1.82, 2.24) is 14.8 Å². The van der Waals surface area contributed by atoms with Crippen molar-refractivity contribution < 1.29 is 19.1 Å². The Morgan fingerprint density at radius 3 is 2.19 bits per heavy atom. The fraction of sp³-hybridized carbons (Fsp3) is 0.500. The first-order valence-electron chi connectivity index (χ1n) is 6.94. The van der Waals surface area contributed by atoms with Gasteiger partial charge >= 0.3 is 6.09 Å². The van der Waals surface area contributed by atoms with Gasteiger partial charge in [0.05, 0.1) is 12.3 Å². The van der Waals surface area contributed by atoms with Gasteiger partial charge in [0.25, 0.3) is 5.91 Å². The number of aromatic amines is 1. The van der Waals surface area contributed by atoms with E-state index in [0.717, 1.165) is 0 Å². The summed E-state index contributed by atoms with van der Waals surface area (Å²) >= 11 is 0. The van der Waals surface area contributed by atoms with E-state index in [9.17, 15) is 14.4 Å². The minimum Gasteiger partial charge on any atom is -0.450 e. The summed E-state index contributed by atoms with van der Waals surface area (Å²) in [6.45, 7) is 5.34. The van der Waals surface area contributed by atoms with Gasteiger partial charge in [0.1, 0.15) is 5.69 Å². The predicted octanol–water partition coefficient (Wildman–Crippen LogP) is 1.13. The highest BCUT2D eigenvalue weighted by molar-refractivity contribution is 5.97. The van der Waals surface area contributed by atoms with Gasteiger partial charge in [0.2, 0.25) is 0 Å². The van der Waals surface area contributed by atoms with E-state index in [1.807, 2.05) is 0 Å². The lowest BCUT2D eigenvalue weighted by Crippen LogP contribution is -2.50. The van der Waals surface area contributed by atoms with Crippen molar-refractivity contribution in [3.8, 4) is 0 Å². The van der Waals surface area contributed by atoms with Crippen LogP contribution in [0.15, 0.2) is 12.1 Å². The van der Waals surface area contributed by atoms with Crippen molar-refractivity contribution in [2.45, 2.75) is 13.8 Å². The van der Waals surface area contributed by atoms with Gasteiger partial charge in [-0.05, 0) is 19.1 Å². The van der Waals surface area contributed by atoms with Gasteiger partial charge in [-0.15, -0.1) is 0 Å². The molecule has 21 heavy (non-hydrogen) atoms. The van der Waals surface area contributed by atoms with Crippen LogP contribution in [-0.4, -0.2) is 65.4 Å². The van der Waals surface area contributed by atoms with Crippen molar-refractivity contribution in [3.05, 3.63) is 23.5 Å². The molecule has 1 aliphatic heterocycles. The van der Waals surface area contributed by atoms with Gasteiger partial charge in [-0.3, -0.25) is 9.59 Å². The van der Waals surface area contributed by atoms with Gasteiger partial charge in [0.15, 0.2) is 5.78 Å². The molecule has 7 heteroatoms. The van der Waals surface area contributed by atoms with Crippen molar-refractivity contribution in [2.75, 3.05) is 32.8 Å². The van der Waals surface area contributed by atoms with Crippen LogP contribution in [-0.2, 0) is 4.74 Å². The Morgan fingerprint density at radius 2 is 1.67 bits per heavy atom. The molecule has 7 nitrogen and oxygen atoms in total. The monoisotopic (exact) mass is 293 g/mol. The van der Waals surface area contributed by atoms with Crippen LogP contribution >= 0.6 is 0 Å². The van der Waals surface area contributed by atoms with E-state index in [2.05, 4.69) is 4.98 Å². The maximum atomic E-state index is 12.3. The maximum Gasteiger partial charge on any atom is 0.409 e.